The first kappa shape index (κ1) is 15.2. The van der Waals surface area contributed by atoms with E-state index in [1.807, 2.05) is 26.8 Å². The summed E-state index contributed by atoms with van der Waals surface area (Å²) < 4.78 is 6.38. The number of aliphatic hydroxyl groups excluding tert-OH is 1. The minimum atomic E-state index is -0.406. The summed E-state index contributed by atoms with van der Waals surface area (Å²) in [7, 11) is 1.34. The van der Waals surface area contributed by atoms with Crippen molar-refractivity contribution in [1.29, 1.82) is 0 Å². The lowest BCUT2D eigenvalue weighted by Crippen LogP contribution is -2.19. The highest BCUT2D eigenvalue weighted by molar-refractivity contribution is 5.89. The molecule has 0 radical (unpaired) electrons. The second-order valence-corrected chi connectivity index (χ2v) is 5.75. The van der Waals surface area contributed by atoms with Crippen molar-refractivity contribution in [1.82, 2.24) is 15.0 Å². The molecule has 0 spiro atoms. The fraction of sp³-hybridized carbons (Fsp3) is 0.400. The largest absolute Gasteiger partial charge is 0.465 e. The van der Waals surface area contributed by atoms with E-state index in [1.165, 1.54) is 7.11 Å². The maximum atomic E-state index is 11.6. The number of rotatable bonds is 3. The average molecular weight is 289 g/mol. The summed E-state index contributed by atoms with van der Waals surface area (Å²) in [6, 6.07) is 6.96. The molecule has 6 heteroatoms. The molecule has 0 saturated carbocycles. The van der Waals surface area contributed by atoms with Gasteiger partial charge in [0, 0.05) is 5.41 Å². The lowest BCUT2D eigenvalue weighted by Gasteiger charge is -2.21. The van der Waals surface area contributed by atoms with Gasteiger partial charge in [0.05, 0.1) is 30.7 Å². The molecule has 0 unspecified atom stereocenters. The van der Waals surface area contributed by atoms with Crippen LogP contribution in [-0.2, 0) is 16.8 Å². The third kappa shape index (κ3) is 2.95. The first-order chi connectivity index (χ1) is 9.88. The molecule has 2 rings (SSSR count). The molecule has 112 valence electrons. The Balaban J connectivity index is 2.57. The summed E-state index contributed by atoms with van der Waals surface area (Å²) in [5, 5.41) is 17.6. The predicted octanol–water partition coefficient (Wildman–Crippen LogP) is 1.84. The van der Waals surface area contributed by atoms with E-state index in [0.717, 1.165) is 5.69 Å². The van der Waals surface area contributed by atoms with Gasteiger partial charge in [0.15, 0.2) is 0 Å². The fourth-order valence-electron chi connectivity index (χ4n) is 2.23. The van der Waals surface area contributed by atoms with Crippen LogP contribution in [0.1, 0.15) is 42.5 Å². The van der Waals surface area contributed by atoms with Crippen molar-refractivity contribution in [2.24, 2.45) is 0 Å². The van der Waals surface area contributed by atoms with Crippen molar-refractivity contribution in [2.75, 3.05) is 7.11 Å². The number of carbonyl (C=O) groups is 1. The van der Waals surface area contributed by atoms with Crippen LogP contribution in [0.5, 0.6) is 0 Å². The maximum absolute atomic E-state index is 11.6. The Morgan fingerprint density at radius 1 is 1.38 bits per heavy atom. The Bertz CT molecular complexity index is 656. The highest BCUT2D eigenvalue weighted by atomic mass is 16.5. The predicted molar refractivity (Wildman–Crippen MR) is 77.3 cm³/mol. The van der Waals surface area contributed by atoms with Crippen molar-refractivity contribution < 1.29 is 14.6 Å². The van der Waals surface area contributed by atoms with E-state index < -0.39 is 5.97 Å². The average Bonchev–Trinajstić information content (AvgIpc) is 2.90. The van der Waals surface area contributed by atoms with Crippen LogP contribution in [0.4, 0.5) is 0 Å². The van der Waals surface area contributed by atoms with E-state index in [9.17, 15) is 9.90 Å². The third-order valence-electron chi connectivity index (χ3n) is 3.11. The maximum Gasteiger partial charge on any atom is 0.337 e. The van der Waals surface area contributed by atoms with E-state index in [2.05, 4.69) is 10.3 Å². The lowest BCUT2D eigenvalue weighted by molar-refractivity contribution is 0.0600. The number of hydrogen-bond acceptors (Lipinski definition) is 5. The van der Waals surface area contributed by atoms with Crippen LogP contribution >= 0.6 is 0 Å². The molecule has 0 aliphatic carbocycles. The molecule has 0 amide bonds. The number of ether oxygens (including phenoxy) is 1. The quantitative estimate of drug-likeness (QED) is 0.872. The van der Waals surface area contributed by atoms with Crippen LogP contribution in [0.2, 0.25) is 0 Å². The fourth-order valence-corrected chi connectivity index (χ4v) is 2.23. The van der Waals surface area contributed by atoms with Crippen molar-refractivity contribution in [3.05, 3.63) is 41.2 Å². The number of esters is 1. The Kier molecular flexibility index (Phi) is 4.09. The first-order valence-corrected chi connectivity index (χ1v) is 6.63. The molecule has 0 aliphatic heterocycles. The van der Waals surface area contributed by atoms with Gasteiger partial charge in [-0.2, -0.15) is 0 Å². The molecule has 6 nitrogen and oxygen atoms in total. The highest BCUT2D eigenvalue weighted by Crippen LogP contribution is 2.27. The summed E-state index contributed by atoms with van der Waals surface area (Å²) in [5.41, 5.74) is 2.24. The summed E-state index contributed by atoms with van der Waals surface area (Å²) in [6.45, 7) is 5.88. The Morgan fingerprint density at radius 2 is 2.10 bits per heavy atom. The minimum absolute atomic E-state index is 0.177. The highest BCUT2D eigenvalue weighted by Gasteiger charge is 2.25. The molecule has 21 heavy (non-hydrogen) atoms. The van der Waals surface area contributed by atoms with Crippen LogP contribution in [-0.4, -0.2) is 33.2 Å². The van der Waals surface area contributed by atoms with Gasteiger partial charge in [0.2, 0.25) is 0 Å². The molecule has 1 aromatic carbocycles. The van der Waals surface area contributed by atoms with Gasteiger partial charge < -0.3 is 9.84 Å². The number of aliphatic hydroxyl groups is 1. The van der Waals surface area contributed by atoms with Crippen molar-refractivity contribution >= 4 is 5.97 Å². The number of benzene rings is 1. The van der Waals surface area contributed by atoms with Crippen molar-refractivity contribution in [3.63, 3.8) is 0 Å². The second kappa shape index (κ2) is 5.65. The van der Waals surface area contributed by atoms with Gasteiger partial charge in [-0.15, -0.1) is 5.10 Å². The zero-order valence-electron chi connectivity index (χ0n) is 12.6. The number of aromatic nitrogens is 3. The van der Waals surface area contributed by atoms with Gasteiger partial charge in [-0.05, 0) is 18.2 Å². The molecule has 1 aromatic heterocycles. The standard InChI is InChI=1S/C15H19N3O3/c1-15(2,3)13-12(9-19)16-17-18(13)11-7-5-6-10(8-11)14(20)21-4/h5-8,19H,9H2,1-4H3. The van der Waals surface area contributed by atoms with Crippen molar-refractivity contribution in [3.8, 4) is 5.69 Å². The molecular formula is C15H19N3O3. The molecule has 0 atom stereocenters. The van der Waals surface area contributed by atoms with Gasteiger partial charge in [0.25, 0.3) is 0 Å². The van der Waals surface area contributed by atoms with Crippen LogP contribution < -0.4 is 0 Å². The summed E-state index contributed by atoms with van der Waals surface area (Å²) in [6.07, 6.45) is 0. The van der Waals surface area contributed by atoms with Crippen LogP contribution in [0, 0.1) is 0 Å². The normalized spacial score (nSPS) is 11.5. The Labute approximate surface area is 123 Å². The van der Waals surface area contributed by atoms with E-state index in [4.69, 9.17) is 4.74 Å². The third-order valence-corrected chi connectivity index (χ3v) is 3.11. The van der Waals surface area contributed by atoms with Gasteiger partial charge in [-0.1, -0.05) is 32.1 Å². The molecule has 2 aromatic rings. The minimum Gasteiger partial charge on any atom is -0.465 e. The van der Waals surface area contributed by atoms with E-state index in [-0.39, 0.29) is 12.0 Å². The van der Waals surface area contributed by atoms with Gasteiger partial charge in [-0.3, -0.25) is 0 Å². The van der Waals surface area contributed by atoms with Crippen LogP contribution in [0.15, 0.2) is 24.3 Å². The zero-order chi connectivity index (χ0) is 15.6. The molecule has 0 aliphatic rings. The number of carbonyl (C=O) groups excluding carboxylic acids is 1. The molecule has 0 bridgehead atoms. The Hall–Kier alpha value is -2.21. The molecule has 0 saturated heterocycles. The van der Waals surface area contributed by atoms with Gasteiger partial charge in [0.1, 0.15) is 5.69 Å². The van der Waals surface area contributed by atoms with Crippen LogP contribution in [0.3, 0.4) is 0 Å². The summed E-state index contributed by atoms with van der Waals surface area (Å²) in [5.74, 6) is -0.406. The van der Waals surface area contributed by atoms with E-state index in [0.29, 0.717) is 16.9 Å². The topological polar surface area (TPSA) is 77.2 Å². The monoisotopic (exact) mass is 289 g/mol. The first-order valence-electron chi connectivity index (χ1n) is 6.63. The summed E-state index contributed by atoms with van der Waals surface area (Å²) in [4.78, 5) is 11.6. The van der Waals surface area contributed by atoms with Gasteiger partial charge in [-0.25, -0.2) is 9.48 Å². The number of nitrogens with zero attached hydrogens (tertiary/aromatic N) is 3. The molecule has 1 heterocycles. The Morgan fingerprint density at radius 3 is 2.67 bits per heavy atom. The smallest absolute Gasteiger partial charge is 0.337 e. The second-order valence-electron chi connectivity index (χ2n) is 5.75. The van der Waals surface area contributed by atoms with Crippen LogP contribution in [0.25, 0.3) is 5.69 Å². The molecule has 1 N–H and O–H groups in total. The zero-order valence-corrected chi connectivity index (χ0v) is 12.6. The SMILES string of the molecule is COC(=O)c1cccc(-n2nnc(CO)c2C(C)(C)C)c1. The van der Waals surface area contributed by atoms with Gasteiger partial charge >= 0.3 is 5.97 Å². The molecule has 0 fully saturated rings. The lowest BCUT2D eigenvalue weighted by atomic mass is 9.90. The van der Waals surface area contributed by atoms with Crippen molar-refractivity contribution in [2.45, 2.75) is 32.8 Å². The summed E-state index contributed by atoms with van der Waals surface area (Å²) >= 11 is 0. The number of hydrogen-bond donors (Lipinski definition) is 1. The molecular weight excluding hydrogens is 270 g/mol. The van der Waals surface area contributed by atoms with E-state index >= 15 is 0 Å². The number of methoxy groups -OCH3 is 1. The van der Waals surface area contributed by atoms with E-state index in [1.54, 1.807) is 22.9 Å².